The largest absolute Gasteiger partial charge is 0.462 e. The van der Waals surface area contributed by atoms with E-state index >= 15 is 0 Å². The van der Waals surface area contributed by atoms with Gasteiger partial charge < -0.3 is 19.8 Å². The van der Waals surface area contributed by atoms with E-state index in [1.807, 2.05) is 0 Å². The summed E-state index contributed by atoms with van der Waals surface area (Å²) in [6.45, 7) is 6.03. The Morgan fingerprint density at radius 3 is 2.37 bits per heavy atom. The summed E-state index contributed by atoms with van der Waals surface area (Å²) >= 11 is 0. The predicted molar refractivity (Wildman–Crippen MR) is 105 cm³/mol. The topological polar surface area (TPSA) is 115 Å². The van der Waals surface area contributed by atoms with Crippen LogP contribution in [0, 0.1) is 19.7 Å². The molecule has 0 saturated heterocycles. The first-order valence-electron chi connectivity index (χ1n) is 9.29. The number of hydrogen-bond acceptors (Lipinski definition) is 6. The van der Waals surface area contributed by atoms with E-state index in [4.69, 9.17) is 9.47 Å². The Morgan fingerprint density at radius 1 is 1.13 bits per heavy atom. The Balaban J connectivity index is 1.97. The van der Waals surface area contributed by atoms with E-state index in [9.17, 15) is 23.6 Å². The number of Topliss-reactive ketones (excluding diaryl/α,β-unsaturated/α-hetero) is 1. The Kier molecular flexibility index (Phi) is 7.46. The zero-order valence-corrected chi connectivity index (χ0v) is 17.1. The van der Waals surface area contributed by atoms with Gasteiger partial charge in [-0.05, 0) is 57.5 Å². The van der Waals surface area contributed by atoms with Crippen LogP contribution in [0.1, 0.15) is 56.3 Å². The van der Waals surface area contributed by atoms with Gasteiger partial charge in [0, 0.05) is 11.3 Å². The standard InChI is InChI=1S/C21H23FN2O6/c1-5-29-21(28)17-11(2)18(24-12(17)3)19(26)13(4)30-16(25)10-23-20(27)14-6-8-15(22)9-7-14/h6-9,13,24H,5,10H2,1-4H3,(H,23,27)/t13-/m0/s1. The zero-order chi connectivity index (χ0) is 22.4. The fraction of sp³-hybridized carbons (Fsp3) is 0.333. The number of ether oxygens (including phenoxy) is 2. The molecular weight excluding hydrogens is 395 g/mol. The lowest BCUT2D eigenvalue weighted by molar-refractivity contribution is -0.145. The summed E-state index contributed by atoms with van der Waals surface area (Å²) in [6.07, 6.45) is -1.15. The number of aromatic nitrogens is 1. The van der Waals surface area contributed by atoms with Crippen LogP contribution in [0.5, 0.6) is 0 Å². The molecule has 1 atom stereocenters. The first kappa shape index (κ1) is 22.8. The van der Waals surface area contributed by atoms with E-state index in [0.29, 0.717) is 11.3 Å². The van der Waals surface area contributed by atoms with Crippen LogP contribution in [-0.4, -0.2) is 47.9 Å². The first-order chi connectivity index (χ1) is 14.1. The molecule has 1 amide bonds. The van der Waals surface area contributed by atoms with Gasteiger partial charge in [0.05, 0.1) is 17.9 Å². The van der Waals surface area contributed by atoms with Gasteiger partial charge in [-0.15, -0.1) is 0 Å². The van der Waals surface area contributed by atoms with E-state index in [1.54, 1.807) is 20.8 Å². The van der Waals surface area contributed by atoms with E-state index in [2.05, 4.69) is 10.3 Å². The fourth-order valence-corrected chi connectivity index (χ4v) is 2.86. The van der Waals surface area contributed by atoms with Crippen LogP contribution < -0.4 is 5.32 Å². The second kappa shape index (κ2) is 9.82. The molecule has 1 heterocycles. The highest BCUT2D eigenvalue weighted by molar-refractivity contribution is 6.04. The van der Waals surface area contributed by atoms with Crippen LogP contribution in [0.2, 0.25) is 0 Å². The van der Waals surface area contributed by atoms with Crippen molar-refractivity contribution in [1.82, 2.24) is 10.3 Å². The summed E-state index contributed by atoms with van der Waals surface area (Å²) < 4.78 is 23.0. The number of ketones is 1. The summed E-state index contributed by atoms with van der Waals surface area (Å²) in [4.78, 5) is 51.5. The molecule has 2 rings (SSSR count). The van der Waals surface area contributed by atoms with Crippen LogP contribution in [-0.2, 0) is 14.3 Å². The Morgan fingerprint density at radius 2 is 1.77 bits per heavy atom. The van der Waals surface area contributed by atoms with Crippen LogP contribution in [0.3, 0.4) is 0 Å². The molecule has 2 aromatic rings. The number of aromatic amines is 1. The molecule has 0 bridgehead atoms. The molecule has 160 valence electrons. The normalized spacial score (nSPS) is 11.5. The van der Waals surface area contributed by atoms with Crippen molar-refractivity contribution in [3.8, 4) is 0 Å². The quantitative estimate of drug-likeness (QED) is 0.503. The Hall–Kier alpha value is -3.49. The lowest BCUT2D eigenvalue weighted by atomic mass is 10.1. The van der Waals surface area contributed by atoms with Crippen molar-refractivity contribution in [2.24, 2.45) is 0 Å². The number of halogens is 1. The third kappa shape index (κ3) is 5.31. The number of carbonyl (C=O) groups is 4. The number of hydrogen-bond donors (Lipinski definition) is 2. The lowest BCUT2D eigenvalue weighted by Crippen LogP contribution is -2.34. The van der Waals surface area contributed by atoms with Gasteiger partial charge >= 0.3 is 11.9 Å². The molecule has 9 heteroatoms. The number of aryl methyl sites for hydroxylation is 1. The van der Waals surface area contributed by atoms with Crippen molar-refractivity contribution in [1.29, 1.82) is 0 Å². The predicted octanol–water partition coefficient (Wildman–Crippen LogP) is 2.49. The molecule has 2 N–H and O–H groups in total. The van der Waals surface area contributed by atoms with Gasteiger partial charge in [0.1, 0.15) is 12.4 Å². The minimum Gasteiger partial charge on any atom is -0.462 e. The molecule has 1 aromatic carbocycles. The van der Waals surface area contributed by atoms with Crippen LogP contribution in [0.15, 0.2) is 24.3 Å². The number of carbonyl (C=O) groups excluding carboxylic acids is 4. The van der Waals surface area contributed by atoms with E-state index in [1.165, 1.54) is 19.1 Å². The van der Waals surface area contributed by atoms with E-state index < -0.39 is 42.1 Å². The summed E-state index contributed by atoms with van der Waals surface area (Å²) in [5, 5.41) is 2.34. The van der Waals surface area contributed by atoms with E-state index in [-0.39, 0.29) is 23.4 Å². The molecule has 1 aromatic heterocycles. The molecule has 0 radical (unpaired) electrons. The molecular formula is C21H23FN2O6. The van der Waals surface area contributed by atoms with Gasteiger partial charge in [-0.2, -0.15) is 0 Å². The third-order valence-electron chi connectivity index (χ3n) is 4.34. The van der Waals surface area contributed by atoms with Crippen LogP contribution >= 0.6 is 0 Å². The van der Waals surface area contributed by atoms with Gasteiger partial charge in [0.15, 0.2) is 6.10 Å². The maximum atomic E-state index is 12.9. The third-order valence-corrected chi connectivity index (χ3v) is 4.34. The SMILES string of the molecule is CCOC(=O)c1c(C)[nH]c(C(=O)[C@H](C)OC(=O)CNC(=O)c2ccc(F)cc2)c1C. The maximum absolute atomic E-state index is 12.9. The first-order valence-corrected chi connectivity index (χ1v) is 9.29. The highest BCUT2D eigenvalue weighted by atomic mass is 19.1. The van der Waals surface area contributed by atoms with Crippen molar-refractivity contribution in [2.45, 2.75) is 33.8 Å². The second-order valence-corrected chi connectivity index (χ2v) is 6.53. The smallest absolute Gasteiger partial charge is 0.340 e. The minimum absolute atomic E-state index is 0.145. The summed E-state index contributed by atoms with van der Waals surface area (Å²) in [6, 6.07) is 4.80. The molecule has 0 fully saturated rings. The van der Waals surface area contributed by atoms with Crippen LogP contribution in [0.4, 0.5) is 4.39 Å². The number of amides is 1. The molecule has 8 nitrogen and oxygen atoms in total. The number of nitrogens with one attached hydrogen (secondary N) is 2. The Labute approximate surface area is 172 Å². The average Bonchev–Trinajstić information content (AvgIpc) is 3.00. The highest BCUT2D eigenvalue weighted by Gasteiger charge is 2.27. The number of esters is 2. The van der Waals surface area contributed by atoms with Crippen LogP contribution in [0.25, 0.3) is 0 Å². The summed E-state index contributed by atoms with van der Waals surface area (Å²) in [7, 11) is 0. The van der Waals surface area contributed by atoms with Gasteiger partial charge in [-0.1, -0.05) is 0 Å². The molecule has 0 saturated carbocycles. The average molecular weight is 418 g/mol. The second-order valence-electron chi connectivity index (χ2n) is 6.53. The molecule has 0 aliphatic heterocycles. The van der Waals surface area contributed by atoms with Gasteiger partial charge in [-0.25, -0.2) is 9.18 Å². The summed E-state index contributed by atoms with van der Waals surface area (Å²) in [5.74, 6) is -2.96. The van der Waals surface area contributed by atoms with Crippen molar-refractivity contribution in [3.05, 3.63) is 58.2 Å². The van der Waals surface area contributed by atoms with E-state index in [0.717, 1.165) is 12.1 Å². The van der Waals surface area contributed by atoms with Crippen molar-refractivity contribution in [3.63, 3.8) is 0 Å². The van der Waals surface area contributed by atoms with Gasteiger partial charge in [0.2, 0.25) is 5.78 Å². The number of H-pyrrole nitrogens is 1. The van der Waals surface area contributed by atoms with Gasteiger partial charge in [0.25, 0.3) is 5.91 Å². The van der Waals surface area contributed by atoms with Crippen molar-refractivity contribution < 1.29 is 33.0 Å². The molecule has 0 aliphatic rings. The minimum atomic E-state index is -1.15. The van der Waals surface area contributed by atoms with Crippen molar-refractivity contribution >= 4 is 23.6 Å². The van der Waals surface area contributed by atoms with Gasteiger partial charge in [-0.3, -0.25) is 14.4 Å². The molecule has 30 heavy (non-hydrogen) atoms. The Bertz CT molecular complexity index is 965. The highest BCUT2D eigenvalue weighted by Crippen LogP contribution is 2.21. The summed E-state index contributed by atoms with van der Waals surface area (Å²) in [5.41, 5.74) is 1.47. The molecule has 0 unspecified atom stereocenters. The molecule has 0 spiro atoms. The number of benzene rings is 1. The fourth-order valence-electron chi connectivity index (χ4n) is 2.86. The maximum Gasteiger partial charge on any atom is 0.340 e. The molecule has 0 aliphatic carbocycles. The lowest BCUT2D eigenvalue weighted by Gasteiger charge is -2.13. The van der Waals surface area contributed by atoms with Crippen molar-refractivity contribution in [2.75, 3.05) is 13.2 Å². The monoisotopic (exact) mass is 418 g/mol. The zero-order valence-electron chi connectivity index (χ0n) is 17.1. The number of rotatable bonds is 8.